The third kappa shape index (κ3) is 3.81. The minimum absolute atomic E-state index is 0.184. The zero-order chi connectivity index (χ0) is 9.78. The summed E-state index contributed by atoms with van der Waals surface area (Å²) in [4.78, 5) is 0. The first kappa shape index (κ1) is 11.6. The van der Waals surface area contributed by atoms with Crippen molar-refractivity contribution in [1.82, 2.24) is 0 Å². The summed E-state index contributed by atoms with van der Waals surface area (Å²) in [6.45, 7) is 6.40. The second-order valence-electron chi connectivity index (χ2n) is 3.14. The molecule has 0 heterocycles. The first-order valence-electron chi connectivity index (χ1n) is 4.07. The summed E-state index contributed by atoms with van der Waals surface area (Å²) in [6.07, 6.45) is -0.480. The van der Waals surface area contributed by atoms with Crippen molar-refractivity contribution >= 4 is 0 Å². The van der Waals surface area contributed by atoms with Crippen molar-refractivity contribution in [1.29, 1.82) is 0 Å². The Hall–Kier alpha value is -0.440. The van der Waals surface area contributed by atoms with E-state index in [4.69, 9.17) is 5.11 Å². The zero-order valence-electron chi connectivity index (χ0n) is 7.61. The summed E-state index contributed by atoms with van der Waals surface area (Å²) in [7, 11) is 0. The van der Waals surface area contributed by atoms with E-state index in [9.17, 15) is 8.78 Å². The Morgan fingerprint density at radius 2 is 2.08 bits per heavy atom. The molecule has 0 aliphatic rings. The van der Waals surface area contributed by atoms with Crippen LogP contribution in [-0.2, 0) is 0 Å². The van der Waals surface area contributed by atoms with Gasteiger partial charge in [0.2, 0.25) is 5.92 Å². The summed E-state index contributed by atoms with van der Waals surface area (Å²) in [5.74, 6) is -3.15. The van der Waals surface area contributed by atoms with E-state index in [0.717, 1.165) is 0 Å². The first-order chi connectivity index (χ1) is 5.43. The Kier molecular flexibility index (Phi) is 4.39. The van der Waals surface area contributed by atoms with Crippen LogP contribution in [0, 0.1) is 5.92 Å². The van der Waals surface area contributed by atoms with Gasteiger partial charge in [-0.1, -0.05) is 19.1 Å². The summed E-state index contributed by atoms with van der Waals surface area (Å²) in [5, 5.41) is 8.76. The second-order valence-corrected chi connectivity index (χ2v) is 3.14. The van der Waals surface area contributed by atoms with Crippen molar-refractivity contribution in [2.24, 2.45) is 5.92 Å². The predicted octanol–water partition coefficient (Wildman–Crippen LogP) is 2.61. The van der Waals surface area contributed by atoms with Crippen LogP contribution in [0.4, 0.5) is 8.78 Å². The van der Waals surface area contributed by atoms with Gasteiger partial charge in [-0.25, -0.2) is 8.78 Å². The van der Waals surface area contributed by atoms with E-state index < -0.39 is 11.8 Å². The lowest BCUT2D eigenvalue weighted by atomic mass is 9.94. The van der Waals surface area contributed by atoms with Gasteiger partial charge in [-0.3, -0.25) is 0 Å². The molecule has 0 radical (unpaired) electrons. The summed E-state index contributed by atoms with van der Waals surface area (Å²) in [6, 6.07) is 0. The quantitative estimate of drug-likeness (QED) is 0.641. The van der Waals surface area contributed by atoms with Crippen molar-refractivity contribution in [3.8, 4) is 0 Å². The highest BCUT2D eigenvalue weighted by Gasteiger charge is 2.30. The molecular formula is C9H16F2O. The highest BCUT2D eigenvalue weighted by atomic mass is 19.3. The molecule has 1 atom stereocenters. The van der Waals surface area contributed by atoms with E-state index in [1.807, 2.05) is 0 Å². The van der Waals surface area contributed by atoms with E-state index in [2.05, 4.69) is 6.58 Å². The van der Waals surface area contributed by atoms with Crippen LogP contribution in [-0.4, -0.2) is 17.6 Å². The van der Waals surface area contributed by atoms with Crippen LogP contribution in [0.2, 0.25) is 0 Å². The number of alkyl halides is 2. The van der Waals surface area contributed by atoms with E-state index in [0.29, 0.717) is 5.57 Å². The average molecular weight is 178 g/mol. The second kappa shape index (κ2) is 4.55. The Morgan fingerprint density at radius 1 is 1.58 bits per heavy atom. The molecule has 0 rings (SSSR count). The molecule has 0 bridgehead atoms. The molecule has 0 fully saturated rings. The predicted molar refractivity (Wildman–Crippen MR) is 45.2 cm³/mol. The highest BCUT2D eigenvalue weighted by molar-refractivity contribution is 4.97. The number of hydrogen-bond acceptors (Lipinski definition) is 1. The zero-order valence-corrected chi connectivity index (χ0v) is 7.61. The number of aliphatic hydroxyl groups excluding tert-OH is 1. The van der Waals surface area contributed by atoms with Gasteiger partial charge in [-0.15, -0.1) is 0 Å². The van der Waals surface area contributed by atoms with Gasteiger partial charge in [0.1, 0.15) is 0 Å². The van der Waals surface area contributed by atoms with Crippen LogP contribution < -0.4 is 0 Å². The third-order valence-electron chi connectivity index (χ3n) is 1.98. The van der Waals surface area contributed by atoms with Crippen LogP contribution >= 0.6 is 0 Å². The molecule has 0 spiro atoms. The maximum atomic E-state index is 12.8. The minimum Gasteiger partial charge on any atom is -0.396 e. The lowest BCUT2D eigenvalue weighted by molar-refractivity contribution is -0.0282. The summed E-state index contributed by atoms with van der Waals surface area (Å²) < 4.78 is 25.6. The topological polar surface area (TPSA) is 20.2 Å². The first-order valence-corrected chi connectivity index (χ1v) is 4.07. The lowest BCUT2D eigenvalue weighted by Crippen LogP contribution is -2.22. The molecule has 0 saturated carbocycles. The van der Waals surface area contributed by atoms with Crippen LogP contribution in [0.3, 0.4) is 0 Å². The van der Waals surface area contributed by atoms with Gasteiger partial charge in [0.25, 0.3) is 0 Å². The Morgan fingerprint density at radius 3 is 2.33 bits per heavy atom. The van der Waals surface area contributed by atoms with Crippen molar-refractivity contribution < 1.29 is 13.9 Å². The summed E-state index contributed by atoms with van der Waals surface area (Å²) in [5.41, 5.74) is 0.616. The summed E-state index contributed by atoms with van der Waals surface area (Å²) >= 11 is 0. The standard InChI is InChI=1S/C9H16F2O/c1-4-9(10,11)5-8(6-12)7(2)3/h8,12H,2,4-6H2,1,3H3. The molecule has 0 aromatic heterocycles. The van der Waals surface area contributed by atoms with Gasteiger partial charge in [0.05, 0.1) is 0 Å². The molecule has 1 nitrogen and oxygen atoms in total. The molecule has 12 heavy (non-hydrogen) atoms. The van der Waals surface area contributed by atoms with Gasteiger partial charge >= 0.3 is 0 Å². The molecule has 3 heteroatoms. The fourth-order valence-electron chi connectivity index (χ4n) is 0.899. The number of halogens is 2. The van der Waals surface area contributed by atoms with Crippen LogP contribution in [0.5, 0.6) is 0 Å². The largest absolute Gasteiger partial charge is 0.396 e. The molecular weight excluding hydrogens is 162 g/mol. The van der Waals surface area contributed by atoms with Crippen molar-refractivity contribution in [3.63, 3.8) is 0 Å². The molecule has 1 N–H and O–H groups in total. The Bertz CT molecular complexity index is 155. The maximum Gasteiger partial charge on any atom is 0.248 e. The number of hydrogen-bond donors (Lipinski definition) is 1. The fraction of sp³-hybridized carbons (Fsp3) is 0.778. The van der Waals surface area contributed by atoms with Crippen LogP contribution in [0.15, 0.2) is 12.2 Å². The molecule has 0 aliphatic heterocycles. The molecule has 0 amide bonds. The monoisotopic (exact) mass is 178 g/mol. The van der Waals surface area contributed by atoms with E-state index in [-0.39, 0.29) is 19.4 Å². The minimum atomic E-state index is -2.67. The van der Waals surface area contributed by atoms with Gasteiger partial charge in [-0.05, 0) is 6.92 Å². The van der Waals surface area contributed by atoms with E-state index >= 15 is 0 Å². The Labute approximate surface area is 72.1 Å². The number of rotatable bonds is 5. The van der Waals surface area contributed by atoms with Gasteiger partial charge in [-0.2, -0.15) is 0 Å². The SMILES string of the molecule is C=C(C)C(CO)CC(F)(F)CC. The van der Waals surface area contributed by atoms with Crippen LogP contribution in [0.1, 0.15) is 26.7 Å². The fourth-order valence-corrected chi connectivity index (χ4v) is 0.899. The smallest absolute Gasteiger partial charge is 0.248 e. The molecule has 0 saturated heterocycles. The lowest BCUT2D eigenvalue weighted by Gasteiger charge is -2.20. The van der Waals surface area contributed by atoms with Crippen LogP contribution in [0.25, 0.3) is 0 Å². The normalized spacial score (nSPS) is 14.4. The van der Waals surface area contributed by atoms with Gasteiger partial charge in [0.15, 0.2) is 0 Å². The molecule has 0 aromatic carbocycles. The Balaban J connectivity index is 4.11. The van der Waals surface area contributed by atoms with Gasteiger partial charge < -0.3 is 5.11 Å². The average Bonchev–Trinajstić information content (AvgIpc) is 2.00. The third-order valence-corrected chi connectivity index (χ3v) is 1.98. The van der Waals surface area contributed by atoms with E-state index in [1.165, 1.54) is 6.92 Å². The molecule has 1 unspecified atom stereocenters. The number of aliphatic hydroxyl groups is 1. The van der Waals surface area contributed by atoms with Crippen molar-refractivity contribution in [3.05, 3.63) is 12.2 Å². The molecule has 72 valence electrons. The molecule has 0 aromatic rings. The van der Waals surface area contributed by atoms with E-state index in [1.54, 1.807) is 6.92 Å². The molecule has 0 aliphatic carbocycles. The maximum absolute atomic E-state index is 12.8. The van der Waals surface area contributed by atoms with Crippen molar-refractivity contribution in [2.75, 3.05) is 6.61 Å². The highest BCUT2D eigenvalue weighted by Crippen LogP contribution is 2.29. The van der Waals surface area contributed by atoms with Crippen molar-refractivity contribution in [2.45, 2.75) is 32.6 Å². The van der Waals surface area contributed by atoms with Gasteiger partial charge in [0, 0.05) is 25.4 Å².